The Kier molecular flexibility index (Phi) is 3.86. The Morgan fingerprint density at radius 3 is 2.78 bits per heavy atom. The highest BCUT2D eigenvalue weighted by atomic mass is 15.3. The number of nitrogens with one attached hydrogen (secondary N) is 2. The van der Waals surface area contributed by atoms with Gasteiger partial charge in [0.1, 0.15) is 11.6 Å². The smallest absolute Gasteiger partial charge is 0.223 e. The minimum atomic E-state index is 0.326. The van der Waals surface area contributed by atoms with Crippen molar-refractivity contribution >= 4 is 17.6 Å². The summed E-state index contributed by atoms with van der Waals surface area (Å²) in [6.45, 7) is 7.14. The first kappa shape index (κ1) is 12.9. The zero-order valence-electron chi connectivity index (χ0n) is 11.3. The fourth-order valence-electron chi connectivity index (χ4n) is 1.86. The summed E-state index contributed by atoms with van der Waals surface area (Å²) in [6, 6.07) is 2.51. The largest absolute Gasteiger partial charge is 0.370 e. The Bertz CT molecular complexity index is 400. The molecule has 1 aliphatic heterocycles. The summed E-state index contributed by atoms with van der Waals surface area (Å²) < 4.78 is 0. The van der Waals surface area contributed by atoms with Crippen molar-refractivity contribution in [1.29, 1.82) is 0 Å². The van der Waals surface area contributed by atoms with E-state index in [-0.39, 0.29) is 0 Å². The molecule has 1 saturated heterocycles. The fraction of sp³-hybridized carbons (Fsp3) is 0.667. The number of nitrogen functional groups attached to an aromatic ring is 1. The highest BCUT2D eigenvalue weighted by Gasteiger charge is 2.26. The molecule has 0 saturated carbocycles. The molecule has 1 aromatic heterocycles. The number of aromatic nitrogens is 2. The number of anilines is 3. The lowest BCUT2D eigenvalue weighted by Gasteiger charge is -2.40. The second kappa shape index (κ2) is 5.39. The van der Waals surface area contributed by atoms with Gasteiger partial charge in [0.05, 0.1) is 0 Å². The van der Waals surface area contributed by atoms with Crippen molar-refractivity contribution in [3.8, 4) is 0 Å². The number of nitrogens with two attached hydrogens (primary N) is 1. The molecule has 100 valence electrons. The van der Waals surface area contributed by atoms with Crippen LogP contribution in [0.25, 0.3) is 0 Å². The molecular formula is C12H22N6. The third-order valence-corrected chi connectivity index (χ3v) is 3.04. The van der Waals surface area contributed by atoms with Crippen LogP contribution in [0.1, 0.15) is 13.8 Å². The van der Waals surface area contributed by atoms with Crippen molar-refractivity contribution in [2.45, 2.75) is 19.9 Å². The molecule has 0 spiro atoms. The lowest BCUT2D eigenvalue weighted by atomic mass is 10.1. The van der Waals surface area contributed by atoms with E-state index in [2.05, 4.69) is 39.3 Å². The minimum Gasteiger partial charge on any atom is -0.370 e. The van der Waals surface area contributed by atoms with Crippen molar-refractivity contribution in [2.75, 3.05) is 42.6 Å². The molecule has 0 aliphatic carbocycles. The van der Waals surface area contributed by atoms with Crippen molar-refractivity contribution in [2.24, 2.45) is 5.92 Å². The van der Waals surface area contributed by atoms with Crippen LogP contribution in [-0.2, 0) is 0 Å². The monoisotopic (exact) mass is 250 g/mol. The maximum Gasteiger partial charge on any atom is 0.223 e. The van der Waals surface area contributed by atoms with Gasteiger partial charge in [0, 0.05) is 31.7 Å². The van der Waals surface area contributed by atoms with Crippen molar-refractivity contribution in [1.82, 2.24) is 15.3 Å². The van der Waals surface area contributed by atoms with Gasteiger partial charge in [-0.05, 0) is 13.0 Å². The number of hydrogen-bond donors (Lipinski definition) is 3. The molecule has 0 bridgehead atoms. The summed E-state index contributed by atoms with van der Waals surface area (Å²) in [7, 11) is 1.98. The fourth-order valence-corrected chi connectivity index (χ4v) is 1.86. The molecule has 2 heterocycles. The molecule has 1 aromatic rings. The Morgan fingerprint density at radius 1 is 1.44 bits per heavy atom. The van der Waals surface area contributed by atoms with Gasteiger partial charge in [-0.15, -0.1) is 0 Å². The summed E-state index contributed by atoms with van der Waals surface area (Å²) in [5.74, 6) is 2.60. The molecule has 0 aromatic carbocycles. The summed E-state index contributed by atoms with van der Waals surface area (Å²) in [5, 5.41) is 6.52. The first-order valence-electron chi connectivity index (χ1n) is 6.39. The zero-order chi connectivity index (χ0) is 13.1. The standard InChI is InChI=1S/C12H22N6/c1-8(2)5-15-10-4-11(17-12(13)16-10)18-6-9(7-18)14-3/h4,8-9,14H,5-7H2,1-3H3,(H3,13,15,16,17). The van der Waals surface area contributed by atoms with E-state index in [9.17, 15) is 0 Å². The van der Waals surface area contributed by atoms with Gasteiger partial charge >= 0.3 is 0 Å². The van der Waals surface area contributed by atoms with Crippen LogP contribution < -0.4 is 21.3 Å². The van der Waals surface area contributed by atoms with Crippen LogP contribution in [0.5, 0.6) is 0 Å². The third-order valence-electron chi connectivity index (χ3n) is 3.04. The number of nitrogens with zero attached hydrogens (tertiary/aromatic N) is 3. The van der Waals surface area contributed by atoms with Gasteiger partial charge in [0.25, 0.3) is 0 Å². The molecule has 6 nitrogen and oxygen atoms in total. The van der Waals surface area contributed by atoms with Gasteiger partial charge in [-0.3, -0.25) is 0 Å². The van der Waals surface area contributed by atoms with E-state index in [0.29, 0.717) is 17.9 Å². The predicted molar refractivity (Wildman–Crippen MR) is 74.8 cm³/mol. The van der Waals surface area contributed by atoms with Crippen LogP contribution in [-0.4, -0.2) is 42.7 Å². The first-order chi connectivity index (χ1) is 8.58. The molecule has 1 aliphatic rings. The molecule has 4 N–H and O–H groups in total. The average molecular weight is 250 g/mol. The molecule has 18 heavy (non-hydrogen) atoms. The Hall–Kier alpha value is -1.56. The van der Waals surface area contributed by atoms with E-state index >= 15 is 0 Å². The van der Waals surface area contributed by atoms with Crippen molar-refractivity contribution < 1.29 is 0 Å². The van der Waals surface area contributed by atoms with Crippen LogP contribution >= 0.6 is 0 Å². The summed E-state index contributed by atoms with van der Waals surface area (Å²) in [5.41, 5.74) is 5.75. The van der Waals surface area contributed by atoms with E-state index in [1.807, 2.05) is 13.1 Å². The van der Waals surface area contributed by atoms with Gasteiger partial charge in [-0.25, -0.2) is 0 Å². The van der Waals surface area contributed by atoms with Crippen LogP contribution in [0.15, 0.2) is 6.07 Å². The molecular weight excluding hydrogens is 228 g/mol. The lowest BCUT2D eigenvalue weighted by molar-refractivity contribution is 0.447. The van der Waals surface area contributed by atoms with Crippen LogP contribution in [0, 0.1) is 5.92 Å². The molecule has 0 unspecified atom stereocenters. The summed E-state index contributed by atoms with van der Waals surface area (Å²) >= 11 is 0. The van der Waals surface area contributed by atoms with E-state index in [1.165, 1.54) is 0 Å². The molecule has 1 fully saturated rings. The number of likely N-dealkylation sites (N-methyl/N-ethyl adjacent to an activating group) is 1. The van der Waals surface area contributed by atoms with Gasteiger partial charge < -0.3 is 21.3 Å². The zero-order valence-corrected chi connectivity index (χ0v) is 11.3. The first-order valence-corrected chi connectivity index (χ1v) is 6.39. The second-order valence-corrected chi connectivity index (χ2v) is 5.13. The summed E-state index contributed by atoms with van der Waals surface area (Å²) in [6.07, 6.45) is 0. The molecule has 0 amide bonds. The molecule has 2 rings (SSSR count). The van der Waals surface area contributed by atoms with Crippen LogP contribution in [0.4, 0.5) is 17.6 Å². The highest BCUT2D eigenvalue weighted by Crippen LogP contribution is 2.21. The molecule has 6 heteroatoms. The van der Waals surface area contributed by atoms with Gasteiger partial charge in [-0.2, -0.15) is 9.97 Å². The Labute approximate surface area is 108 Å². The van der Waals surface area contributed by atoms with Gasteiger partial charge in [0.15, 0.2) is 0 Å². The maximum atomic E-state index is 5.75. The normalized spacial score (nSPS) is 15.9. The van der Waals surface area contributed by atoms with Gasteiger partial charge in [-0.1, -0.05) is 13.8 Å². The maximum absolute atomic E-state index is 5.75. The van der Waals surface area contributed by atoms with E-state index in [4.69, 9.17) is 5.73 Å². The topological polar surface area (TPSA) is 79.1 Å². The SMILES string of the molecule is CNC1CN(c2cc(NCC(C)C)nc(N)n2)C1. The number of hydrogen-bond acceptors (Lipinski definition) is 6. The van der Waals surface area contributed by atoms with Crippen LogP contribution in [0.3, 0.4) is 0 Å². The second-order valence-electron chi connectivity index (χ2n) is 5.13. The van der Waals surface area contributed by atoms with E-state index in [1.54, 1.807) is 0 Å². The van der Waals surface area contributed by atoms with Gasteiger partial charge in [0.2, 0.25) is 5.95 Å². The van der Waals surface area contributed by atoms with Crippen molar-refractivity contribution in [3.63, 3.8) is 0 Å². The number of rotatable bonds is 5. The Balaban J connectivity index is 2.03. The Morgan fingerprint density at radius 2 is 2.17 bits per heavy atom. The van der Waals surface area contributed by atoms with Crippen molar-refractivity contribution in [3.05, 3.63) is 6.07 Å². The predicted octanol–water partition coefficient (Wildman–Crippen LogP) is 0.535. The molecule has 0 atom stereocenters. The third kappa shape index (κ3) is 3.01. The average Bonchev–Trinajstić information content (AvgIpc) is 2.24. The molecule has 0 radical (unpaired) electrons. The van der Waals surface area contributed by atoms with E-state index in [0.717, 1.165) is 31.3 Å². The summed E-state index contributed by atoms with van der Waals surface area (Å²) in [4.78, 5) is 10.7. The lowest BCUT2D eigenvalue weighted by Crippen LogP contribution is -2.57. The van der Waals surface area contributed by atoms with E-state index < -0.39 is 0 Å². The highest BCUT2D eigenvalue weighted by molar-refractivity contribution is 5.54. The minimum absolute atomic E-state index is 0.326. The van der Waals surface area contributed by atoms with Crippen LogP contribution in [0.2, 0.25) is 0 Å². The quantitative estimate of drug-likeness (QED) is 0.707.